The normalized spacial score (nSPS) is 13.7. The minimum absolute atomic E-state index is 0.232. The molecule has 0 aliphatic carbocycles. The molecule has 1 aromatic heterocycles. The molecule has 0 spiro atoms. The summed E-state index contributed by atoms with van der Waals surface area (Å²) >= 11 is 3.33. The molecule has 0 fully saturated rings. The summed E-state index contributed by atoms with van der Waals surface area (Å²) in [7, 11) is -2.02. The summed E-state index contributed by atoms with van der Waals surface area (Å²) in [6, 6.07) is 10.3. The Labute approximate surface area is 149 Å². The molecular formula is C16H16BrN3O3S. The molecule has 3 rings (SSSR count). The molecule has 1 aliphatic heterocycles. The molecule has 6 nitrogen and oxygen atoms in total. The van der Waals surface area contributed by atoms with Gasteiger partial charge >= 0.3 is 0 Å². The number of halogens is 1. The number of sulfonamides is 1. The minimum atomic E-state index is -3.46. The Morgan fingerprint density at radius 2 is 1.96 bits per heavy atom. The lowest BCUT2D eigenvalue weighted by Crippen LogP contribution is -2.32. The first kappa shape index (κ1) is 16.9. The zero-order valence-corrected chi connectivity index (χ0v) is 15.6. The van der Waals surface area contributed by atoms with E-state index in [9.17, 15) is 13.2 Å². The number of benzene rings is 1. The predicted molar refractivity (Wildman–Crippen MR) is 97.0 cm³/mol. The molecule has 1 aliphatic rings. The number of hydrogen-bond donors (Lipinski definition) is 0. The molecular weight excluding hydrogens is 394 g/mol. The molecule has 0 bridgehead atoms. The lowest BCUT2D eigenvalue weighted by Gasteiger charge is -2.23. The van der Waals surface area contributed by atoms with E-state index in [0.717, 1.165) is 26.5 Å². The Balaban J connectivity index is 2.02. The molecule has 0 atom stereocenters. The number of nitrogens with zero attached hydrogens (tertiary/aromatic N) is 3. The molecule has 24 heavy (non-hydrogen) atoms. The molecule has 0 radical (unpaired) electrons. The Kier molecular flexibility index (Phi) is 4.35. The highest BCUT2D eigenvalue weighted by atomic mass is 79.9. The first-order valence-electron chi connectivity index (χ1n) is 7.29. The third-order valence-corrected chi connectivity index (χ3v) is 5.63. The van der Waals surface area contributed by atoms with Crippen LogP contribution in [0.15, 0.2) is 41.0 Å². The zero-order valence-electron chi connectivity index (χ0n) is 13.2. The van der Waals surface area contributed by atoms with E-state index in [2.05, 4.69) is 20.9 Å². The van der Waals surface area contributed by atoms with Gasteiger partial charge in [0.1, 0.15) is 4.60 Å². The van der Waals surface area contributed by atoms with E-state index in [1.54, 1.807) is 35.2 Å². The molecule has 0 N–H and O–H groups in total. The van der Waals surface area contributed by atoms with Gasteiger partial charge in [-0.05, 0) is 40.2 Å². The Morgan fingerprint density at radius 3 is 2.67 bits per heavy atom. The van der Waals surface area contributed by atoms with Gasteiger partial charge < -0.3 is 4.90 Å². The smallest absolute Gasteiger partial charge is 0.260 e. The molecule has 1 aromatic carbocycles. The highest BCUT2D eigenvalue weighted by Crippen LogP contribution is 2.31. The van der Waals surface area contributed by atoms with Crippen molar-refractivity contribution >= 4 is 43.2 Å². The molecule has 1 amide bonds. The van der Waals surface area contributed by atoms with Crippen LogP contribution >= 0.6 is 15.9 Å². The molecule has 2 aromatic rings. The average Bonchev–Trinajstić information content (AvgIpc) is 2.95. The van der Waals surface area contributed by atoms with E-state index in [-0.39, 0.29) is 5.91 Å². The van der Waals surface area contributed by atoms with Crippen LogP contribution in [0.25, 0.3) is 0 Å². The molecule has 8 heteroatoms. The second-order valence-corrected chi connectivity index (χ2v) is 8.38. The van der Waals surface area contributed by atoms with Crippen LogP contribution in [0.2, 0.25) is 0 Å². The number of fused-ring (bicyclic) bond motifs is 1. The fourth-order valence-corrected chi connectivity index (χ4v) is 3.56. The minimum Gasteiger partial charge on any atom is -0.306 e. The number of rotatable bonds is 3. The summed E-state index contributed by atoms with van der Waals surface area (Å²) in [5.41, 5.74) is 2.33. The third kappa shape index (κ3) is 3.03. The number of carbonyl (C=O) groups excluding carboxylic acids is 1. The van der Waals surface area contributed by atoms with Gasteiger partial charge in [0.2, 0.25) is 10.0 Å². The number of aromatic nitrogens is 1. The maximum atomic E-state index is 13.0. The summed E-state index contributed by atoms with van der Waals surface area (Å²) in [4.78, 5) is 19.0. The van der Waals surface area contributed by atoms with Crippen LogP contribution in [-0.4, -0.2) is 39.2 Å². The SMILES string of the molecule is CN(c1ccccc1C(=O)N1CCc2nc(Br)ccc21)S(C)(=O)=O. The van der Waals surface area contributed by atoms with E-state index >= 15 is 0 Å². The number of para-hydroxylation sites is 1. The van der Waals surface area contributed by atoms with Gasteiger partial charge in [0.25, 0.3) is 5.91 Å². The van der Waals surface area contributed by atoms with E-state index in [4.69, 9.17) is 0 Å². The summed E-state index contributed by atoms with van der Waals surface area (Å²) in [6.07, 6.45) is 1.78. The maximum Gasteiger partial charge on any atom is 0.260 e. The van der Waals surface area contributed by atoms with Crippen LogP contribution in [0.1, 0.15) is 16.1 Å². The van der Waals surface area contributed by atoms with Crippen molar-refractivity contribution in [2.45, 2.75) is 6.42 Å². The van der Waals surface area contributed by atoms with Gasteiger partial charge in [0, 0.05) is 20.0 Å². The number of anilines is 2. The van der Waals surface area contributed by atoms with Gasteiger partial charge in [0.05, 0.1) is 28.9 Å². The Bertz CT molecular complexity index is 915. The highest BCUT2D eigenvalue weighted by molar-refractivity contribution is 9.10. The van der Waals surface area contributed by atoms with E-state index in [1.807, 2.05) is 6.07 Å². The van der Waals surface area contributed by atoms with Crippen LogP contribution in [-0.2, 0) is 16.4 Å². The van der Waals surface area contributed by atoms with Gasteiger partial charge in [-0.25, -0.2) is 13.4 Å². The van der Waals surface area contributed by atoms with Crippen molar-refractivity contribution in [2.24, 2.45) is 0 Å². The fraction of sp³-hybridized carbons (Fsp3) is 0.250. The van der Waals surface area contributed by atoms with Gasteiger partial charge in [-0.1, -0.05) is 12.1 Å². The van der Waals surface area contributed by atoms with E-state index < -0.39 is 10.0 Å². The van der Waals surface area contributed by atoms with Crippen LogP contribution in [0, 0.1) is 0 Å². The number of pyridine rings is 1. The number of amides is 1. The van der Waals surface area contributed by atoms with Crippen molar-refractivity contribution in [3.05, 3.63) is 52.3 Å². The van der Waals surface area contributed by atoms with Gasteiger partial charge in [0.15, 0.2) is 0 Å². The lowest BCUT2D eigenvalue weighted by atomic mass is 10.1. The molecule has 126 valence electrons. The number of hydrogen-bond acceptors (Lipinski definition) is 4. The van der Waals surface area contributed by atoms with Crippen molar-refractivity contribution in [3.63, 3.8) is 0 Å². The molecule has 2 heterocycles. The maximum absolute atomic E-state index is 13.0. The highest BCUT2D eigenvalue weighted by Gasteiger charge is 2.29. The lowest BCUT2D eigenvalue weighted by molar-refractivity contribution is 0.0990. The quantitative estimate of drug-likeness (QED) is 0.729. The van der Waals surface area contributed by atoms with Crippen molar-refractivity contribution in [1.29, 1.82) is 0 Å². The monoisotopic (exact) mass is 409 g/mol. The molecule has 0 saturated carbocycles. The van der Waals surface area contributed by atoms with Crippen molar-refractivity contribution in [3.8, 4) is 0 Å². The molecule has 0 saturated heterocycles. The first-order chi connectivity index (χ1) is 11.3. The van der Waals surface area contributed by atoms with Crippen LogP contribution < -0.4 is 9.21 Å². The van der Waals surface area contributed by atoms with E-state index in [1.165, 1.54) is 7.05 Å². The van der Waals surface area contributed by atoms with Crippen molar-refractivity contribution in [2.75, 3.05) is 29.1 Å². The fourth-order valence-electron chi connectivity index (χ4n) is 2.70. The second kappa shape index (κ2) is 6.18. The summed E-state index contributed by atoms with van der Waals surface area (Å²) in [5, 5.41) is 0. The second-order valence-electron chi connectivity index (χ2n) is 5.55. The number of carbonyl (C=O) groups is 1. The van der Waals surface area contributed by atoms with Crippen LogP contribution in [0.4, 0.5) is 11.4 Å². The third-order valence-electron chi connectivity index (χ3n) is 4.00. The summed E-state index contributed by atoms with van der Waals surface area (Å²) in [5.74, 6) is -0.232. The topological polar surface area (TPSA) is 70.6 Å². The average molecular weight is 410 g/mol. The van der Waals surface area contributed by atoms with Crippen LogP contribution in [0.3, 0.4) is 0 Å². The summed E-state index contributed by atoms with van der Waals surface area (Å²) in [6.45, 7) is 0.522. The van der Waals surface area contributed by atoms with Gasteiger partial charge in [-0.15, -0.1) is 0 Å². The standard InChI is InChI=1S/C16H16BrN3O3S/c1-19(24(2,22)23)13-6-4-3-5-11(13)16(21)20-10-9-12-14(20)7-8-15(17)18-12/h3-8H,9-10H2,1-2H3. The first-order valence-corrected chi connectivity index (χ1v) is 9.93. The van der Waals surface area contributed by atoms with Crippen LogP contribution in [0.5, 0.6) is 0 Å². The Hall–Kier alpha value is -1.93. The van der Waals surface area contributed by atoms with Gasteiger partial charge in [-0.2, -0.15) is 0 Å². The molecule has 0 unspecified atom stereocenters. The van der Waals surface area contributed by atoms with E-state index in [0.29, 0.717) is 24.2 Å². The van der Waals surface area contributed by atoms with Crippen molar-refractivity contribution < 1.29 is 13.2 Å². The predicted octanol–water partition coefficient (Wildman–Crippen LogP) is 2.44. The summed E-state index contributed by atoms with van der Waals surface area (Å²) < 4.78 is 25.6. The van der Waals surface area contributed by atoms with Crippen molar-refractivity contribution in [1.82, 2.24) is 4.98 Å². The largest absolute Gasteiger partial charge is 0.306 e. The zero-order chi connectivity index (χ0) is 17.5. The van der Waals surface area contributed by atoms with Gasteiger partial charge in [-0.3, -0.25) is 9.10 Å². The Morgan fingerprint density at radius 1 is 1.25 bits per heavy atom.